The topological polar surface area (TPSA) is 35.4 Å². The fourth-order valence-corrected chi connectivity index (χ4v) is 0.963. The van der Waals surface area contributed by atoms with Crippen LogP contribution < -0.4 is 10.6 Å². The van der Waals surface area contributed by atoms with Crippen molar-refractivity contribution in [3.05, 3.63) is 0 Å². The van der Waals surface area contributed by atoms with E-state index in [1.165, 1.54) is 0 Å². The van der Waals surface area contributed by atoms with Crippen molar-refractivity contribution in [1.29, 1.82) is 0 Å². The van der Waals surface area contributed by atoms with Crippen molar-refractivity contribution >= 4 is 0 Å². The third kappa shape index (κ3) is 2.30. The molecule has 1 atom stereocenters. The van der Waals surface area contributed by atoms with Crippen LogP contribution in [0.1, 0.15) is 0 Å². The van der Waals surface area contributed by atoms with Crippen molar-refractivity contribution in [2.24, 2.45) is 0 Å². The number of methoxy groups -OCH3 is 1. The third-order valence-electron chi connectivity index (χ3n) is 1.41. The first-order valence-corrected chi connectivity index (χ1v) is 3.29. The van der Waals surface area contributed by atoms with E-state index >= 15 is 0 Å². The Morgan fingerprint density at radius 3 is 3.22 bits per heavy atom. The zero-order chi connectivity index (χ0) is 6.53. The van der Waals surface area contributed by atoms with Gasteiger partial charge in [-0.15, -0.1) is 0 Å². The van der Waals surface area contributed by atoms with Gasteiger partial charge in [0.05, 0.1) is 12.6 Å². The van der Waals surface area contributed by atoms with Crippen LogP contribution in [-0.4, -0.2) is 39.4 Å². The SMILES string of the molecule is COCC1CNCC[N]1. The molecule has 0 bridgehead atoms. The van der Waals surface area contributed by atoms with Crippen LogP contribution in [0.25, 0.3) is 0 Å². The lowest BCUT2D eigenvalue weighted by atomic mass is 10.2. The largest absolute Gasteiger partial charge is 0.383 e. The van der Waals surface area contributed by atoms with E-state index in [4.69, 9.17) is 4.74 Å². The molecule has 0 aromatic carbocycles. The monoisotopic (exact) mass is 129 g/mol. The lowest BCUT2D eigenvalue weighted by molar-refractivity contribution is 0.157. The van der Waals surface area contributed by atoms with Crippen molar-refractivity contribution in [2.75, 3.05) is 33.4 Å². The Morgan fingerprint density at radius 1 is 1.78 bits per heavy atom. The summed E-state index contributed by atoms with van der Waals surface area (Å²) in [6.07, 6.45) is 0. The van der Waals surface area contributed by atoms with E-state index in [1.807, 2.05) is 0 Å². The van der Waals surface area contributed by atoms with E-state index in [9.17, 15) is 0 Å². The molecule has 0 spiro atoms. The maximum absolute atomic E-state index is 4.95. The van der Waals surface area contributed by atoms with Crippen LogP contribution in [0.2, 0.25) is 0 Å². The number of hydrogen-bond donors (Lipinski definition) is 1. The Kier molecular flexibility index (Phi) is 2.97. The number of hydrogen-bond acceptors (Lipinski definition) is 2. The van der Waals surface area contributed by atoms with E-state index in [2.05, 4.69) is 10.6 Å². The molecular formula is C6H13N2O. The predicted octanol–water partition coefficient (Wildman–Crippen LogP) is -0.791. The second-order valence-electron chi connectivity index (χ2n) is 2.22. The predicted molar refractivity (Wildman–Crippen MR) is 35.5 cm³/mol. The Labute approximate surface area is 55.8 Å². The van der Waals surface area contributed by atoms with Crippen LogP contribution in [0.15, 0.2) is 0 Å². The molecule has 0 saturated carbocycles. The lowest BCUT2D eigenvalue weighted by Gasteiger charge is -2.21. The van der Waals surface area contributed by atoms with Gasteiger partial charge in [0, 0.05) is 26.7 Å². The molecule has 1 unspecified atom stereocenters. The summed E-state index contributed by atoms with van der Waals surface area (Å²) in [5.74, 6) is 0. The lowest BCUT2D eigenvalue weighted by Crippen LogP contribution is -2.46. The zero-order valence-electron chi connectivity index (χ0n) is 5.76. The van der Waals surface area contributed by atoms with E-state index in [-0.39, 0.29) is 0 Å². The summed E-state index contributed by atoms with van der Waals surface area (Å²) in [5, 5.41) is 7.58. The first-order chi connectivity index (χ1) is 4.43. The van der Waals surface area contributed by atoms with Gasteiger partial charge in [-0.05, 0) is 0 Å². The molecule has 1 radical (unpaired) electrons. The number of rotatable bonds is 2. The molecule has 3 heteroatoms. The smallest absolute Gasteiger partial charge is 0.0644 e. The van der Waals surface area contributed by atoms with Crippen LogP contribution in [0.3, 0.4) is 0 Å². The second kappa shape index (κ2) is 3.82. The first-order valence-electron chi connectivity index (χ1n) is 3.29. The molecular weight excluding hydrogens is 116 g/mol. The quantitative estimate of drug-likeness (QED) is 0.530. The van der Waals surface area contributed by atoms with Crippen LogP contribution in [0.5, 0.6) is 0 Å². The van der Waals surface area contributed by atoms with Crippen LogP contribution >= 0.6 is 0 Å². The number of nitrogens with one attached hydrogen (secondary N) is 1. The van der Waals surface area contributed by atoms with Gasteiger partial charge in [0.1, 0.15) is 0 Å². The van der Waals surface area contributed by atoms with Crippen LogP contribution in [-0.2, 0) is 4.74 Å². The molecule has 0 aromatic heterocycles. The van der Waals surface area contributed by atoms with Crippen molar-refractivity contribution in [3.63, 3.8) is 0 Å². The summed E-state index contributed by atoms with van der Waals surface area (Å²) >= 11 is 0. The molecule has 0 amide bonds. The van der Waals surface area contributed by atoms with Gasteiger partial charge in [-0.2, -0.15) is 0 Å². The average molecular weight is 129 g/mol. The van der Waals surface area contributed by atoms with Gasteiger partial charge < -0.3 is 10.1 Å². The molecule has 1 saturated heterocycles. The van der Waals surface area contributed by atoms with Crippen molar-refractivity contribution in [3.8, 4) is 0 Å². The van der Waals surface area contributed by atoms with Gasteiger partial charge in [0.2, 0.25) is 0 Å². The Balaban J connectivity index is 2.08. The minimum absolute atomic E-state index is 0.392. The average Bonchev–Trinajstić information content (AvgIpc) is 1.91. The third-order valence-corrected chi connectivity index (χ3v) is 1.41. The standard InChI is InChI=1S/C6H13N2O/c1-9-5-6-4-7-2-3-8-6/h6-7H,2-5H2,1H3. The van der Waals surface area contributed by atoms with Gasteiger partial charge in [0.25, 0.3) is 0 Å². The van der Waals surface area contributed by atoms with Gasteiger partial charge in [-0.25, -0.2) is 5.32 Å². The fourth-order valence-electron chi connectivity index (χ4n) is 0.963. The molecule has 1 N–H and O–H groups in total. The molecule has 1 aliphatic heterocycles. The summed E-state index contributed by atoms with van der Waals surface area (Å²) in [4.78, 5) is 0. The summed E-state index contributed by atoms with van der Waals surface area (Å²) in [7, 11) is 1.71. The summed E-state index contributed by atoms with van der Waals surface area (Å²) in [5.41, 5.74) is 0. The molecule has 1 heterocycles. The molecule has 1 fully saturated rings. The number of ether oxygens (including phenoxy) is 1. The molecule has 0 aliphatic carbocycles. The van der Waals surface area contributed by atoms with Crippen LogP contribution in [0, 0.1) is 0 Å². The van der Waals surface area contributed by atoms with E-state index < -0.39 is 0 Å². The maximum Gasteiger partial charge on any atom is 0.0644 e. The van der Waals surface area contributed by atoms with Gasteiger partial charge >= 0.3 is 0 Å². The maximum atomic E-state index is 4.95. The molecule has 1 rings (SSSR count). The highest BCUT2D eigenvalue weighted by Crippen LogP contribution is 1.88. The Hall–Kier alpha value is -0.120. The zero-order valence-corrected chi connectivity index (χ0v) is 5.76. The van der Waals surface area contributed by atoms with Gasteiger partial charge in [0.15, 0.2) is 0 Å². The normalized spacial score (nSPS) is 28.3. The molecule has 53 valence electrons. The first kappa shape index (κ1) is 6.99. The van der Waals surface area contributed by atoms with E-state index in [0.717, 1.165) is 26.2 Å². The summed E-state index contributed by atoms with van der Waals surface area (Å²) in [6, 6.07) is 0.392. The van der Waals surface area contributed by atoms with E-state index in [0.29, 0.717) is 6.04 Å². The number of nitrogens with zero attached hydrogens (tertiary/aromatic N) is 1. The highest BCUT2D eigenvalue weighted by Gasteiger charge is 2.11. The van der Waals surface area contributed by atoms with Crippen molar-refractivity contribution in [2.45, 2.75) is 6.04 Å². The second-order valence-corrected chi connectivity index (χ2v) is 2.22. The molecule has 3 nitrogen and oxygen atoms in total. The highest BCUT2D eigenvalue weighted by molar-refractivity contribution is 4.73. The number of piperazine rings is 1. The van der Waals surface area contributed by atoms with Crippen molar-refractivity contribution < 1.29 is 4.74 Å². The van der Waals surface area contributed by atoms with Crippen LogP contribution in [0.4, 0.5) is 0 Å². The van der Waals surface area contributed by atoms with Gasteiger partial charge in [-0.1, -0.05) is 0 Å². The minimum atomic E-state index is 0.392. The Bertz CT molecular complexity index is 68.7. The molecule has 0 aromatic rings. The summed E-state index contributed by atoms with van der Waals surface area (Å²) < 4.78 is 4.95. The van der Waals surface area contributed by atoms with Crippen molar-refractivity contribution in [1.82, 2.24) is 10.6 Å². The fraction of sp³-hybridized carbons (Fsp3) is 1.00. The van der Waals surface area contributed by atoms with E-state index in [1.54, 1.807) is 7.11 Å². The molecule has 9 heavy (non-hydrogen) atoms. The molecule has 1 aliphatic rings. The highest BCUT2D eigenvalue weighted by atomic mass is 16.5. The minimum Gasteiger partial charge on any atom is -0.383 e. The van der Waals surface area contributed by atoms with Gasteiger partial charge in [-0.3, -0.25) is 0 Å². The Morgan fingerprint density at radius 2 is 2.67 bits per heavy atom. The summed E-state index contributed by atoms with van der Waals surface area (Å²) in [6.45, 7) is 3.70.